The average Bonchev–Trinajstić information content (AvgIpc) is 2.59. The van der Waals surface area contributed by atoms with Gasteiger partial charge in [0.05, 0.1) is 17.3 Å². The molecule has 0 amide bonds. The Bertz CT molecular complexity index is 544. The molecule has 0 atom stereocenters. The fraction of sp³-hybridized carbons (Fsp3) is 0.615. The second-order valence-electron chi connectivity index (χ2n) is 6.44. The van der Waals surface area contributed by atoms with E-state index in [2.05, 4.69) is 51.7 Å². The van der Waals surface area contributed by atoms with Gasteiger partial charge in [0.25, 0.3) is 5.71 Å². The zero-order chi connectivity index (χ0) is 12.8. The van der Waals surface area contributed by atoms with Crippen LogP contribution < -0.4 is 0 Å². The van der Waals surface area contributed by atoms with E-state index < -0.39 is 0 Å². The Morgan fingerprint density at radius 2 is 1.59 bits per heavy atom. The summed E-state index contributed by atoms with van der Waals surface area (Å²) >= 11 is 0. The van der Waals surface area contributed by atoms with Gasteiger partial charge in [-0.05, 0) is 0 Å². The Kier molecular flexibility index (Phi) is 2.49. The van der Waals surface area contributed by atoms with Gasteiger partial charge in [0.15, 0.2) is 0 Å². The summed E-state index contributed by atoms with van der Waals surface area (Å²) < 4.78 is 5.19. The quantitative estimate of drug-likeness (QED) is 0.701. The van der Waals surface area contributed by atoms with Crippen LogP contribution in [0.15, 0.2) is 10.7 Å². The van der Waals surface area contributed by atoms with Crippen LogP contribution in [0, 0.1) is 0 Å². The first-order chi connectivity index (χ1) is 7.69. The van der Waals surface area contributed by atoms with Crippen molar-refractivity contribution in [1.82, 2.24) is 15.1 Å². The molecule has 0 bridgehead atoms. The van der Waals surface area contributed by atoms with Gasteiger partial charge < -0.3 is 4.52 Å². The molecule has 0 aliphatic carbocycles. The van der Waals surface area contributed by atoms with Crippen molar-refractivity contribution in [3.05, 3.63) is 17.7 Å². The molecule has 17 heavy (non-hydrogen) atoms. The molecule has 0 fully saturated rings. The van der Waals surface area contributed by atoms with E-state index in [1.165, 1.54) is 0 Å². The number of nitrogens with zero attached hydrogens (tertiary/aromatic N) is 3. The maximum atomic E-state index is 5.19. The number of rotatable bonds is 0. The summed E-state index contributed by atoms with van der Waals surface area (Å²) in [6, 6.07) is 0. The minimum atomic E-state index is -0.0963. The van der Waals surface area contributed by atoms with Crippen molar-refractivity contribution in [2.24, 2.45) is 0 Å². The molecule has 0 saturated carbocycles. The topological polar surface area (TPSA) is 51.8 Å². The molecule has 2 aromatic heterocycles. The van der Waals surface area contributed by atoms with Gasteiger partial charge in [-0.15, -0.1) is 0 Å². The maximum Gasteiger partial charge on any atom is 0.261 e. The van der Waals surface area contributed by atoms with Gasteiger partial charge in [0.2, 0.25) is 0 Å². The minimum absolute atomic E-state index is 0.0489. The first kappa shape index (κ1) is 12.0. The van der Waals surface area contributed by atoms with E-state index in [0.29, 0.717) is 5.71 Å². The monoisotopic (exact) mass is 233 g/mol. The van der Waals surface area contributed by atoms with Crippen LogP contribution in [0.3, 0.4) is 0 Å². The largest absolute Gasteiger partial charge is 0.336 e. The van der Waals surface area contributed by atoms with Crippen LogP contribution in [-0.4, -0.2) is 15.1 Å². The minimum Gasteiger partial charge on any atom is -0.336 e. The van der Waals surface area contributed by atoms with Crippen molar-refractivity contribution in [2.75, 3.05) is 0 Å². The molecule has 0 saturated heterocycles. The zero-order valence-electron chi connectivity index (χ0n) is 11.3. The third-order valence-corrected chi connectivity index (χ3v) is 2.61. The van der Waals surface area contributed by atoms with Crippen LogP contribution in [-0.2, 0) is 10.8 Å². The molecular weight excluding hydrogens is 214 g/mol. The van der Waals surface area contributed by atoms with E-state index >= 15 is 0 Å². The van der Waals surface area contributed by atoms with Crippen molar-refractivity contribution >= 4 is 11.1 Å². The van der Waals surface area contributed by atoms with E-state index in [-0.39, 0.29) is 10.8 Å². The highest BCUT2D eigenvalue weighted by Crippen LogP contribution is 2.30. The third-order valence-electron chi connectivity index (χ3n) is 2.61. The second-order valence-corrected chi connectivity index (χ2v) is 6.44. The van der Waals surface area contributed by atoms with Gasteiger partial charge in [-0.25, -0.2) is 4.98 Å². The van der Waals surface area contributed by atoms with Gasteiger partial charge in [-0.1, -0.05) is 46.7 Å². The van der Waals surface area contributed by atoms with E-state index in [1.54, 1.807) is 6.20 Å². The zero-order valence-corrected chi connectivity index (χ0v) is 11.3. The first-order valence-corrected chi connectivity index (χ1v) is 5.83. The van der Waals surface area contributed by atoms with E-state index in [0.717, 1.165) is 16.9 Å². The first-order valence-electron chi connectivity index (χ1n) is 5.83. The number of aromatic nitrogens is 3. The highest BCUT2D eigenvalue weighted by atomic mass is 16.5. The average molecular weight is 233 g/mol. The summed E-state index contributed by atoms with van der Waals surface area (Å²) in [5.41, 5.74) is 1.43. The number of hydrogen-bond acceptors (Lipinski definition) is 4. The summed E-state index contributed by atoms with van der Waals surface area (Å²) in [6.45, 7) is 12.7. The number of hydrogen-bond donors (Lipinski definition) is 0. The summed E-state index contributed by atoms with van der Waals surface area (Å²) in [5, 5.41) is 4.73. The lowest BCUT2D eigenvalue weighted by molar-refractivity contribution is 0.441. The van der Waals surface area contributed by atoms with Crippen molar-refractivity contribution < 1.29 is 4.52 Å². The molecule has 4 heteroatoms. The van der Waals surface area contributed by atoms with Crippen molar-refractivity contribution in [1.29, 1.82) is 0 Å². The van der Waals surface area contributed by atoms with Gasteiger partial charge >= 0.3 is 0 Å². The van der Waals surface area contributed by atoms with Crippen LogP contribution in [0.2, 0.25) is 0 Å². The molecule has 4 nitrogen and oxygen atoms in total. The molecule has 0 aliphatic rings. The van der Waals surface area contributed by atoms with Crippen molar-refractivity contribution in [3.63, 3.8) is 0 Å². The predicted octanol–water partition coefficient (Wildman–Crippen LogP) is 3.21. The van der Waals surface area contributed by atoms with Crippen molar-refractivity contribution in [3.8, 4) is 0 Å². The van der Waals surface area contributed by atoms with Gasteiger partial charge in [0, 0.05) is 10.8 Å². The molecule has 92 valence electrons. The predicted molar refractivity (Wildman–Crippen MR) is 67.0 cm³/mol. The smallest absolute Gasteiger partial charge is 0.261 e. The Hall–Kier alpha value is -1.45. The van der Waals surface area contributed by atoms with E-state index in [1.807, 2.05) is 0 Å². The molecule has 0 spiro atoms. The second kappa shape index (κ2) is 3.52. The highest BCUT2D eigenvalue weighted by Gasteiger charge is 2.26. The lowest BCUT2D eigenvalue weighted by Gasteiger charge is -2.22. The fourth-order valence-electron chi connectivity index (χ4n) is 1.67. The molecule has 0 radical (unpaired) electrons. The van der Waals surface area contributed by atoms with Crippen LogP contribution >= 0.6 is 0 Å². The Labute approximate surface area is 101 Å². The Morgan fingerprint density at radius 3 is 2.12 bits per heavy atom. The normalized spacial score (nSPS) is 13.3. The van der Waals surface area contributed by atoms with Crippen LogP contribution in [0.4, 0.5) is 0 Å². The standard InChI is InChI=1S/C13H19N3O/c1-12(2,3)9-8-7-14-17-10(8)16-11(15-9)13(4,5)6/h7H,1-6H3. The van der Waals surface area contributed by atoms with Gasteiger partial charge in [-0.2, -0.15) is 4.98 Å². The molecule has 0 unspecified atom stereocenters. The molecular formula is C13H19N3O. The van der Waals surface area contributed by atoms with E-state index in [4.69, 9.17) is 9.51 Å². The van der Waals surface area contributed by atoms with Gasteiger partial charge in [-0.3, -0.25) is 0 Å². The molecule has 0 aliphatic heterocycles. The van der Waals surface area contributed by atoms with Crippen LogP contribution in [0.25, 0.3) is 11.1 Å². The lowest BCUT2D eigenvalue weighted by Crippen LogP contribution is -2.21. The van der Waals surface area contributed by atoms with Crippen molar-refractivity contribution in [2.45, 2.75) is 52.4 Å². The summed E-state index contributed by atoms with van der Waals surface area (Å²) in [5.74, 6) is 0.798. The molecule has 2 heterocycles. The third kappa shape index (κ3) is 2.16. The molecule has 0 N–H and O–H groups in total. The summed E-state index contributed by atoms with van der Waals surface area (Å²) in [7, 11) is 0. The van der Waals surface area contributed by atoms with Crippen LogP contribution in [0.1, 0.15) is 53.1 Å². The fourth-order valence-corrected chi connectivity index (χ4v) is 1.67. The summed E-state index contributed by atoms with van der Waals surface area (Å²) in [6.07, 6.45) is 1.70. The van der Waals surface area contributed by atoms with E-state index in [9.17, 15) is 0 Å². The molecule has 2 rings (SSSR count). The number of fused-ring (bicyclic) bond motifs is 1. The maximum absolute atomic E-state index is 5.19. The Balaban J connectivity index is 2.76. The van der Waals surface area contributed by atoms with Crippen LogP contribution in [0.5, 0.6) is 0 Å². The van der Waals surface area contributed by atoms with Gasteiger partial charge in [0.1, 0.15) is 5.82 Å². The SMILES string of the molecule is CC(C)(C)c1nc(C(C)(C)C)c2cnoc2n1. The molecule has 0 aromatic carbocycles. The highest BCUT2D eigenvalue weighted by molar-refractivity contribution is 5.75. The Morgan fingerprint density at radius 1 is 0.941 bits per heavy atom. The summed E-state index contributed by atoms with van der Waals surface area (Å²) in [4.78, 5) is 9.14. The molecule has 2 aromatic rings. The lowest BCUT2D eigenvalue weighted by atomic mass is 9.89.